The van der Waals surface area contributed by atoms with Crippen LogP contribution in [-0.2, 0) is 4.79 Å². The molecule has 0 bridgehead atoms. The zero-order chi connectivity index (χ0) is 22.8. The van der Waals surface area contributed by atoms with Crippen LogP contribution in [0.1, 0.15) is 113 Å². The van der Waals surface area contributed by atoms with Gasteiger partial charge in [0.25, 0.3) is 0 Å². The number of hydrogen-bond donors (Lipinski definition) is 0. The Balaban J connectivity index is 1.63. The second-order valence-corrected chi connectivity index (χ2v) is 13.4. The molecule has 0 aromatic rings. The maximum Gasteiger partial charge on any atom is 0.138 e. The van der Waals surface area contributed by atoms with Gasteiger partial charge < -0.3 is 0 Å². The van der Waals surface area contributed by atoms with E-state index in [9.17, 15) is 4.79 Å². The summed E-state index contributed by atoms with van der Waals surface area (Å²) in [5.41, 5.74) is 4.20. The second-order valence-electron chi connectivity index (χ2n) is 13.4. The van der Waals surface area contributed by atoms with Crippen molar-refractivity contribution in [3.05, 3.63) is 23.3 Å². The molecule has 7 atom stereocenters. The van der Waals surface area contributed by atoms with Gasteiger partial charge in [0, 0.05) is 11.8 Å². The van der Waals surface area contributed by atoms with Crippen LogP contribution in [0.2, 0.25) is 0 Å². The first kappa shape index (κ1) is 23.3. The number of carbonyl (C=O) groups is 1. The molecule has 0 amide bonds. The predicted molar refractivity (Wildman–Crippen MR) is 132 cm³/mol. The van der Waals surface area contributed by atoms with Crippen molar-refractivity contribution in [1.82, 2.24) is 0 Å². The van der Waals surface area contributed by atoms with Crippen molar-refractivity contribution in [1.29, 1.82) is 0 Å². The lowest BCUT2D eigenvalue weighted by molar-refractivity contribution is -0.146. The third-order valence-corrected chi connectivity index (χ3v) is 11.5. The highest BCUT2D eigenvalue weighted by atomic mass is 16.1. The Morgan fingerprint density at radius 3 is 2.48 bits per heavy atom. The molecule has 174 valence electrons. The highest BCUT2D eigenvalue weighted by Gasteiger charge is 2.65. The molecule has 31 heavy (non-hydrogen) atoms. The number of hydrogen-bond acceptors (Lipinski definition) is 1. The predicted octanol–water partition coefficient (Wildman–Crippen LogP) is 8.54. The van der Waals surface area contributed by atoms with Crippen LogP contribution in [0.15, 0.2) is 23.3 Å². The molecule has 0 aromatic heterocycles. The van der Waals surface area contributed by atoms with Crippen LogP contribution in [0.5, 0.6) is 0 Å². The summed E-state index contributed by atoms with van der Waals surface area (Å²) in [6.07, 6.45) is 16.2. The zero-order valence-electron chi connectivity index (χ0n) is 21.7. The second kappa shape index (κ2) is 7.59. The molecule has 0 aliphatic heterocycles. The standard InChI is InChI=1S/C30H48O/c1-20(2)10-9-11-21(3)22-14-18-30(8)24-12-13-25-27(4,5)26(31)16-17-28(25,6)23(24)15-19-29(22,30)7/h10,12,21-23,25H,9,11,13-19H2,1-8H3/t21-,22-,23-,25-,28+,29-,30-/m0/s1. The third kappa shape index (κ3) is 3.26. The summed E-state index contributed by atoms with van der Waals surface area (Å²) >= 11 is 0. The van der Waals surface area contributed by atoms with Gasteiger partial charge in [0.05, 0.1) is 0 Å². The molecule has 1 nitrogen and oxygen atoms in total. The van der Waals surface area contributed by atoms with E-state index in [2.05, 4.69) is 67.5 Å². The zero-order valence-corrected chi connectivity index (χ0v) is 21.7. The number of rotatable bonds is 4. The van der Waals surface area contributed by atoms with E-state index in [-0.39, 0.29) is 5.41 Å². The molecule has 0 N–H and O–H groups in total. The van der Waals surface area contributed by atoms with Crippen LogP contribution in [0.25, 0.3) is 0 Å². The van der Waals surface area contributed by atoms with Gasteiger partial charge in [0.15, 0.2) is 0 Å². The van der Waals surface area contributed by atoms with E-state index in [1.54, 1.807) is 0 Å². The van der Waals surface area contributed by atoms with Crippen molar-refractivity contribution in [3.8, 4) is 0 Å². The van der Waals surface area contributed by atoms with Crippen molar-refractivity contribution in [2.24, 2.45) is 45.3 Å². The highest BCUT2D eigenvalue weighted by molar-refractivity contribution is 5.85. The minimum Gasteiger partial charge on any atom is -0.299 e. The number of fused-ring (bicyclic) bond motifs is 5. The first-order chi connectivity index (χ1) is 14.4. The Morgan fingerprint density at radius 2 is 1.81 bits per heavy atom. The fraction of sp³-hybridized carbons (Fsp3) is 0.833. The third-order valence-electron chi connectivity index (χ3n) is 11.5. The van der Waals surface area contributed by atoms with E-state index < -0.39 is 0 Å². The normalized spacial score (nSPS) is 44.6. The van der Waals surface area contributed by atoms with Crippen LogP contribution in [0.4, 0.5) is 0 Å². The lowest BCUT2D eigenvalue weighted by Gasteiger charge is -2.63. The number of ketones is 1. The van der Waals surface area contributed by atoms with E-state index >= 15 is 0 Å². The Bertz CT molecular complexity index is 795. The van der Waals surface area contributed by atoms with Crippen molar-refractivity contribution in [2.75, 3.05) is 0 Å². The molecular formula is C30H48O. The molecule has 4 aliphatic carbocycles. The van der Waals surface area contributed by atoms with Crippen molar-refractivity contribution in [2.45, 2.75) is 113 Å². The first-order valence-electron chi connectivity index (χ1n) is 13.2. The largest absolute Gasteiger partial charge is 0.299 e. The van der Waals surface area contributed by atoms with E-state index in [1.165, 1.54) is 44.1 Å². The SMILES string of the molecule is CC(C)=CCC[C@H](C)[C@@H]1CC[C@@]2(C)C3=CC[C@H]4C(C)(C)C(=O)CC[C@]4(C)[C@H]3CC[C@@]12C. The topological polar surface area (TPSA) is 17.1 Å². The maximum absolute atomic E-state index is 12.8. The summed E-state index contributed by atoms with van der Waals surface area (Å²) in [4.78, 5) is 12.8. The summed E-state index contributed by atoms with van der Waals surface area (Å²) in [5.74, 6) is 3.36. The van der Waals surface area contributed by atoms with Crippen LogP contribution >= 0.6 is 0 Å². The molecule has 1 heteroatoms. The van der Waals surface area contributed by atoms with Crippen LogP contribution < -0.4 is 0 Å². The van der Waals surface area contributed by atoms with Gasteiger partial charge in [-0.1, -0.05) is 64.8 Å². The first-order valence-corrected chi connectivity index (χ1v) is 13.2. The van der Waals surface area contributed by atoms with E-state index in [1.807, 2.05) is 5.57 Å². The van der Waals surface area contributed by atoms with E-state index in [0.29, 0.717) is 33.9 Å². The van der Waals surface area contributed by atoms with Crippen LogP contribution in [0, 0.1) is 45.3 Å². The van der Waals surface area contributed by atoms with Crippen LogP contribution in [0.3, 0.4) is 0 Å². The molecule has 0 unspecified atom stereocenters. The Morgan fingerprint density at radius 1 is 1.10 bits per heavy atom. The van der Waals surface area contributed by atoms with Crippen molar-refractivity contribution >= 4 is 5.78 Å². The lowest BCUT2D eigenvalue weighted by Crippen LogP contribution is -2.57. The molecule has 0 aromatic carbocycles. The monoisotopic (exact) mass is 424 g/mol. The Kier molecular flexibility index (Phi) is 5.71. The maximum atomic E-state index is 12.8. The van der Waals surface area contributed by atoms with Gasteiger partial charge in [-0.3, -0.25) is 4.79 Å². The molecule has 0 heterocycles. The Hall–Kier alpha value is -0.850. The summed E-state index contributed by atoms with van der Waals surface area (Å²) in [6, 6.07) is 0. The smallest absolute Gasteiger partial charge is 0.138 e. The van der Waals surface area contributed by atoms with Gasteiger partial charge in [0.2, 0.25) is 0 Å². The van der Waals surface area contributed by atoms with E-state index in [0.717, 1.165) is 31.1 Å². The van der Waals surface area contributed by atoms with E-state index in [4.69, 9.17) is 0 Å². The van der Waals surface area contributed by atoms with Gasteiger partial charge in [0.1, 0.15) is 5.78 Å². The molecule has 0 saturated heterocycles. The summed E-state index contributed by atoms with van der Waals surface area (Å²) < 4.78 is 0. The molecule has 4 aliphatic rings. The quantitative estimate of drug-likeness (QED) is 0.413. The summed E-state index contributed by atoms with van der Waals surface area (Å²) in [6.45, 7) is 19.3. The number of Topliss-reactive ketones (excluding diaryl/α,β-unsaturated/α-hetero) is 1. The fourth-order valence-corrected chi connectivity index (χ4v) is 9.30. The molecule has 0 radical (unpaired) electrons. The Labute approximate surface area is 192 Å². The average molecular weight is 425 g/mol. The lowest BCUT2D eigenvalue weighted by atomic mass is 9.41. The van der Waals surface area contributed by atoms with Gasteiger partial charge in [-0.05, 0) is 105 Å². The number of carbonyl (C=O) groups excluding carboxylic acids is 1. The molecule has 0 spiro atoms. The summed E-state index contributed by atoms with van der Waals surface area (Å²) in [7, 11) is 0. The van der Waals surface area contributed by atoms with Gasteiger partial charge in [-0.25, -0.2) is 0 Å². The molecular weight excluding hydrogens is 376 g/mol. The van der Waals surface area contributed by atoms with Gasteiger partial charge in [-0.15, -0.1) is 0 Å². The highest BCUT2D eigenvalue weighted by Crippen LogP contribution is 2.73. The molecule has 4 rings (SSSR count). The van der Waals surface area contributed by atoms with Gasteiger partial charge >= 0.3 is 0 Å². The summed E-state index contributed by atoms with van der Waals surface area (Å²) in [5, 5.41) is 0. The van der Waals surface area contributed by atoms with Crippen molar-refractivity contribution in [3.63, 3.8) is 0 Å². The van der Waals surface area contributed by atoms with Gasteiger partial charge in [-0.2, -0.15) is 0 Å². The number of allylic oxidation sites excluding steroid dienone is 4. The average Bonchev–Trinajstić information content (AvgIpc) is 2.96. The fourth-order valence-electron chi connectivity index (χ4n) is 9.30. The van der Waals surface area contributed by atoms with Crippen LogP contribution in [-0.4, -0.2) is 5.78 Å². The minimum absolute atomic E-state index is 0.158. The molecule has 3 fully saturated rings. The minimum atomic E-state index is -0.158. The van der Waals surface area contributed by atoms with Crippen molar-refractivity contribution < 1.29 is 4.79 Å². The molecule has 3 saturated carbocycles.